The summed E-state index contributed by atoms with van der Waals surface area (Å²) < 4.78 is 0. The van der Waals surface area contributed by atoms with E-state index in [0.717, 1.165) is 6.42 Å². The Balaban J connectivity index is 4.15. The van der Waals surface area contributed by atoms with Crippen LogP contribution in [0, 0.1) is 11.3 Å². The molecule has 0 aromatic heterocycles. The van der Waals surface area contributed by atoms with Crippen molar-refractivity contribution in [3.05, 3.63) is 0 Å². The molecule has 2 N–H and O–H groups in total. The fourth-order valence-electron chi connectivity index (χ4n) is 2.77. The average molecular weight is 272 g/mol. The SMILES string of the molecule is CCCCCCC(CCCCC)CC(C)(CO)CO. The lowest BCUT2D eigenvalue weighted by Gasteiger charge is -2.30. The molecule has 0 amide bonds. The Morgan fingerprint density at radius 1 is 0.789 bits per heavy atom. The van der Waals surface area contributed by atoms with Gasteiger partial charge in [-0.2, -0.15) is 0 Å². The first-order valence-corrected chi connectivity index (χ1v) is 8.33. The molecule has 2 heteroatoms. The molecule has 0 fully saturated rings. The van der Waals surface area contributed by atoms with Gasteiger partial charge in [0.25, 0.3) is 0 Å². The van der Waals surface area contributed by atoms with Gasteiger partial charge in [-0.05, 0) is 12.3 Å². The van der Waals surface area contributed by atoms with Gasteiger partial charge in [-0.1, -0.05) is 78.6 Å². The van der Waals surface area contributed by atoms with Crippen molar-refractivity contribution in [1.82, 2.24) is 0 Å². The lowest BCUT2D eigenvalue weighted by atomic mass is 9.78. The van der Waals surface area contributed by atoms with E-state index >= 15 is 0 Å². The number of unbranched alkanes of at least 4 members (excludes halogenated alkanes) is 5. The Bertz CT molecular complexity index is 188. The Hall–Kier alpha value is -0.0800. The molecule has 0 aliphatic carbocycles. The molecule has 0 rings (SSSR count). The fraction of sp³-hybridized carbons (Fsp3) is 1.00. The average Bonchev–Trinajstić information content (AvgIpc) is 2.43. The maximum atomic E-state index is 9.46. The Morgan fingerprint density at radius 3 is 1.74 bits per heavy atom. The molecule has 0 saturated carbocycles. The van der Waals surface area contributed by atoms with Gasteiger partial charge >= 0.3 is 0 Å². The van der Waals surface area contributed by atoms with Crippen molar-refractivity contribution < 1.29 is 10.2 Å². The van der Waals surface area contributed by atoms with E-state index in [2.05, 4.69) is 13.8 Å². The van der Waals surface area contributed by atoms with E-state index in [0.29, 0.717) is 5.92 Å². The van der Waals surface area contributed by atoms with Crippen molar-refractivity contribution >= 4 is 0 Å². The summed E-state index contributed by atoms with van der Waals surface area (Å²) in [6, 6.07) is 0. The van der Waals surface area contributed by atoms with Crippen LogP contribution in [0.4, 0.5) is 0 Å². The van der Waals surface area contributed by atoms with E-state index in [-0.39, 0.29) is 18.6 Å². The highest BCUT2D eigenvalue weighted by Crippen LogP contribution is 2.31. The third kappa shape index (κ3) is 9.45. The molecule has 1 unspecified atom stereocenters. The quantitative estimate of drug-likeness (QED) is 0.483. The summed E-state index contributed by atoms with van der Waals surface area (Å²) in [5.74, 6) is 0.674. The molecule has 0 aliphatic rings. The highest BCUT2D eigenvalue weighted by Gasteiger charge is 2.26. The van der Waals surface area contributed by atoms with Crippen LogP contribution >= 0.6 is 0 Å². The summed E-state index contributed by atoms with van der Waals surface area (Å²) in [5.41, 5.74) is -0.290. The van der Waals surface area contributed by atoms with Gasteiger partial charge in [-0.25, -0.2) is 0 Å². The predicted molar refractivity (Wildman–Crippen MR) is 83.3 cm³/mol. The van der Waals surface area contributed by atoms with Crippen LogP contribution in [0.1, 0.15) is 85.0 Å². The normalized spacial score (nSPS) is 13.7. The maximum absolute atomic E-state index is 9.46. The van der Waals surface area contributed by atoms with Gasteiger partial charge in [-0.3, -0.25) is 0 Å². The van der Waals surface area contributed by atoms with E-state index in [1.54, 1.807) is 0 Å². The summed E-state index contributed by atoms with van der Waals surface area (Å²) in [5, 5.41) is 18.9. The molecular weight excluding hydrogens is 236 g/mol. The van der Waals surface area contributed by atoms with E-state index < -0.39 is 0 Å². The topological polar surface area (TPSA) is 40.5 Å². The van der Waals surface area contributed by atoms with Crippen molar-refractivity contribution in [1.29, 1.82) is 0 Å². The van der Waals surface area contributed by atoms with Gasteiger partial charge < -0.3 is 10.2 Å². The van der Waals surface area contributed by atoms with Gasteiger partial charge in [0.1, 0.15) is 0 Å². The Labute approximate surface area is 120 Å². The van der Waals surface area contributed by atoms with Crippen LogP contribution in [0.5, 0.6) is 0 Å². The Kier molecular flexibility index (Phi) is 11.7. The minimum Gasteiger partial charge on any atom is -0.396 e. The molecule has 2 nitrogen and oxygen atoms in total. The highest BCUT2D eigenvalue weighted by atomic mass is 16.3. The van der Waals surface area contributed by atoms with Crippen molar-refractivity contribution in [2.45, 2.75) is 85.0 Å². The molecular formula is C17H36O2. The fourth-order valence-corrected chi connectivity index (χ4v) is 2.77. The van der Waals surface area contributed by atoms with E-state index in [4.69, 9.17) is 0 Å². The summed E-state index contributed by atoms with van der Waals surface area (Å²) in [4.78, 5) is 0. The summed E-state index contributed by atoms with van der Waals surface area (Å²) >= 11 is 0. The second kappa shape index (κ2) is 11.7. The van der Waals surface area contributed by atoms with Crippen LogP contribution in [-0.4, -0.2) is 23.4 Å². The standard InChI is InChI=1S/C17H36O2/c1-4-6-8-10-12-16(11-9-7-5-2)13-17(3,14-18)15-19/h16,18-19H,4-15H2,1-3H3. The highest BCUT2D eigenvalue weighted by molar-refractivity contribution is 4.77. The molecule has 19 heavy (non-hydrogen) atoms. The van der Waals surface area contributed by atoms with Gasteiger partial charge in [0, 0.05) is 5.41 Å². The molecule has 0 aromatic carbocycles. The van der Waals surface area contributed by atoms with Crippen molar-refractivity contribution in [3.8, 4) is 0 Å². The first-order chi connectivity index (χ1) is 9.11. The molecule has 0 aromatic rings. The van der Waals surface area contributed by atoms with Crippen LogP contribution < -0.4 is 0 Å². The molecule has 0 heterocycles. The Morgan fingerprint density at radius 2 is 1.26 bits per heavy atom. The minimum atomic E-state index is -0.290. The number of aliphatic hydroxyl groups excluding tert-OH is 2. The van der Waals surface area contributed by atoms with E-state index in [1.807, 2.05) is 6.92 Å². The minimum absolute atomic E-state index is 0.0999. The van der Waals surface area contributed by atoms with Gasteiger partial charge in [0.05, 0.1) is 13.2 Å². The van der Waals surface area contributed by atoms with Crippen LogP contribution in [0.25, 0.3) is 0 Å². The maximum Gasteiger partial charge on any atom is 0.0506 e. The van der Waals surface area contributed by atoms with Gasteiger partial charge in [0.15, 0.2) is 0 Å². The number of hydrogen-bond acceptors (Lipinski definition) is 2. The van der Waals surface area contributed by atoms with E-state index in [1.165, 1.54) is 57.8 Å². The summed E-state index contributed by atoms with van der Waals surface area (Å²) in [6.07, 6.45) is 12.6. The molecule has 116 valence electrons. The molecule has 0 aliphatic heterocycles. The smallest absolute Gasteiger partial charge is 0.0506 e. The third-order valence-electron chi connectivity index (χ3n) is 4.23. The first kappa shape index (κ1) is 18.9. The van der Waals surface area contributed by atoms with Crippen LogP contribution in [0.2, 0.25) is 0 Å². The second-order valence-electron chi connectivity index (χ2n) is 6.54. The molecule has 0 bridgehead atoms. The molecule has 0 spiro atoms. The second-order valence-corrected chi connectivity index (χ2v) is 6.54. The van der Waals surface area contributed by atoms with Gasteiger partial charge in [0.2, 0.25) is 0 Å². The van der Waals surface area contributed by atoms with Crippen LogP contribution in [0.3, 0.4) is 0 Å². The third-order valence-corrected chi connectivity index (χ3v) is 4.23. The monoisotopic (exact) mass is 272 g/mol. The molecule has 0 saturated heterocycles. The lowest BCUT2D eigenvalue weighted by molar-refractivity contribution is 0.0451. The predicted octanol–water partition coefficient (Wildman–Crippen LogP) is 4.53. The molecule has 0 radical (unpaired) electrons. The number of aliphatic hydroxyl groups is 2. The largest absolute Gasteiger partial charge is 0.396 e. The van der Waals surface area contributed by atoms with Crippen molar-refractivity contribution in [2.75, 3.05) is 13.2 Å². The molecule has 1 atom stereocenters. The zero-order chi connectivity index (χ0) is 14.6. The van der Waals surface area contributed by atoms with Crippen LogP contribution in [-0.2, 0) is 0 Å². The van der Waals surface area contributed by atoms with E-state index in [9.17, 15) is 10.2 Å². The summed E-state index contributed by atoms with van der Waals surface area (Å²) in [7, 11) is 0. The number of rotatable bonds is 13. The van der Waals surface area contributed by atoms with Crippen molar-refractivity contribution in [3.63, 3.8) is 0 Å². The lowest BCUT2D eigenvalue weighted by Crippen LogP contribution is -2.29. The van der Waals surface area contributed by atoms with Crippen LogP contribution in [0.15, 0.2) is 0 Å². The first-order valence-electron chi connectivity index (χ1n) is 8.33. The summed E-state index contributed by atoms with van der Waals surface area (Å²) in [6.45, 7) is 6.69. The van der Waals surface area contributed by atoms with Gasteiger partial charge in [-0.15, -0.1) is 0 Å². The zero-order valence-electron chi connectivity index (χ0n) is 13.5. The number of hydrogen-bond donors (Lipinski definition) is 2. The van der Waals surface area contributed by atoms with Crippen molar-refractivity contribution in [2.24, 2.45) is 11.3 Å². The zero-order valence-corrected chi connectivity index (χ0v) is 13.5.